The summed E-state index contributed by atoms with van der Waals surface area (Å²) in [6.07, 6.45) is 0.107. The average molecular weight is 268 g/mol. The highest BCUT2D eigenvalue weighted by Crippen LogP contribution is 2.19. The fourth-order valence-electron chi connectivity index (χ4n) is 1.36. The van der Waals surface area contributed by atoms with Crippen LogP contribution >= 0.6 is 0 Å². The van der Waals surface area contributed by atoms with E-state index < -0.39 is 11.9 Å². The largest absolute Gasteiger partial charge is 0.481 e. The van der Waals surface area contributed by atoms with Crippen LogP contribution < -0.4 is 15.8 Å². The number of nitrogens with one attached hydrogen (secondary N) is 1. The van der Waals surface area contributed by atoms with E-state index in [4.69, 9.17) is 10.5 Å². The summed E-state index contributed by atoms with van der Waals surface area (Å²) in [6.45, 7) is 7.47. The van der Waals surface area contributed by atoms with E-state index in [1.165, 1.54) is 18.2 Å². The van der Waals surface area contributed by atoms with Crippen LogP contribution in [0, 0.1) is 5.82 Å². The Morgan fingerprint density at radius 2 is 2.16 bits per heavy atom. The summed E-state index contributed by atoms with van der Waals surface area (Å²) >= 11 is 0. The molecule has 1 aromatic carbocycles. The maximum atomic E-state index is 13.3. The summed E-state index contributed by atoms with van der Waals surface area (Å²) in [6, 6.07) is 4.11. The zero-order valence-corrected chi connectivity index (χ0v) is 11.8. The fraction of sp³-hybridized carbons (Fsp3) is 0.500. The lowest BCUT2D eigenvalue weighted by molar-refractivity contribution is -0.128. The zero-order valence-electron chi connectivity index (χ0n) is 11.8. The van der Waals surface area contributed by atoms with Gasteiger partial charge in [0.05, 0.1) is 5.69 Å². The van der Waals surface area contributed by atoms with E-state index in [1.54, 1.807) is 6.92 Å². The molecule has 4 nitrogen and oxygen atoms in total. The SMILES string of the molecule is CCC(C)(C)NC(=O)C(C)Oc1ccc(N)c(F)c1. The molecule has 1 atom stereocenters. The highest BCUT2D eigenvalue weighted by atomic mass is 19.1. The van der Waals surface area contributed by atoms with Crippen LogP contribution in [0.4, 0.5) is 10.1 Å². The molecule has 106 valence electrons. The Morgan fingerprint density at radius 1 is 1.53 bits per heavy atom. The average Bonchev–Trinajstić information content (AvgIpc) is 2.33. The van der Waals surface area contributed by atoms with E-state index in [9.17, 15) is 9.18 Å². The number of hydrogen-bond donors (Lipinski definition) is 2. The van der Waals surface area contributed by atoms with E-state index >= 15 is 0 Å². The molecule has 19 heavy (non-hydrogen) atoms. The quantitative estimate of drug-likeness (QED) is 0.806. The summed E-state index contributed by atoms with van der Waals surface area (Å²) in [5.74, 6) is -0.508. The van der Waals surface area contributed by atoms with Gasteiger partial charge in [-0.2, -0.15) is 0 Å². The van der Waals surface area contributed by atoms with E-state index in [-0.39, 0.29) is 22.9 Å². The van der Waals surface area contributed by atoms with E-state index in [1.807, 2.05) is 20.8 Å². The zero-order chi connectivity index (χ0) is 14.6. The van der Waals surface area contributed by atoms with Crippen molar-refractivity contribution in [2.24, 2.45) is 0 Å². The monoisotopic (exact) mass is 268 g/mol. The van der Waals surface area contributed by atoms with Crippen LogP contribution in [0.1, 0.15) is 34.1 Å². The molecule has 0 spiro atoms. The number of rotatable bonds is 5. The standard InChI is InChI=1S/C14H21FN2O2/c1-5-14(3,4)17-13(18)9(2)19-10-6-7-12(16)11(15)8-10/h6-9H,5,16H2,1-4H3,(H,17,18). The molecule has 3 N–H and O–H groups in total. The van der Waals surface area contributed by atoms with Crippen molar-refractivity contribution in [3.8, 4) is 5.75 Å². The number of benzene rings is 1. The summed E-state index contributed by atoms with van der Waals surface area (Å²) in [7, 11) is 0. The van der Waals surface area contributed by atoms with Crippen molar-refractivity contribution < 1.29 is 13.9 Å². The predicted octanol–water partition coefficient (Wildman–Crippen LogP) is 2.48. The first-order valence-corrected chi connectivity index (χ1v) is 6.29. The summed E-state index contributed by atoms with van der Waals surface area (Å²) in [4.78, 5) is 11.9. The normalized spacial score (nSPS) is 12.9. The van der Waals surface area contributed by atoms with Crippen molar-refractivity contribution in [3.63, 3.8) is 0 Å². The first-order chi connectivity index (χ1) is 8.75. The maximum Gasteiger partial charge on any atom is 0.261 e. The van der Waals surface area contributed by atoms with Gasteiger partial charge in [-0.3, -0.25) is 4.79 Å². The Morgan fingerprint density at radius 3 is 2.68 bits per heavy atom. The van der Waals surface area contributed by atoms with Crippen LogP contribution in [-0.2, 0) is 4.79 Å². The van der Waals surface area contributed by atoms with Gasteiger partial charge in [-0.15, -0.1) is 0 Å². The van der Waals surface area contributed by atoms with Gasteiger partial charge in [0.25, 0.3) is 5.91 Å². The van der Waals surface area contributed by atoms with Crippen LogP contribution in [0.25, 0.3) is 0 Å². The Bertz CT molecular complexity index is 461. The molecule has 1 rings (SSSR count). The molecule has 0 aromatic heterocycles. The van der Waals surface area contributed by atoms with Gasteiger partial charge < -0.3 is 15.8 Å². The maximum absolute atomic E-state index is 13.3. The Balaban J connectivity index is 2.66. The molecule has 0 bridgehead atoms. The van der Waals surface area contributed by atoms with Gasteiger partial charge in [0.2, 0.25) is 0 Å². The molecule has 0 aliphatic carbocycles. The number of halogens is 1. The summed E-state index contributed by atoms with van der Waals surface area (Å²) in [5.41, 5.74) is 5.13. The molecular weight excluding hydrogens is 247 g/mol. The van der Waals surface area contributed by atoms with Crippen LogP contribution in [0.5, 0.6) is 5.75 Å². The van der Waals surface area contributed by atoms with Gasteiger partial charge in [0.15, 0.2) is 6.10 Å². The van der Waals surface area contributed by atoms with Crippen molar-refractivity contribution in [3.05, 3.63) is 24.0 Å². The molecule has 0 aliphatic heterocycles. The number of nitrogens with two attached hydrogens (primary N) is 1. The van der Waals surface area contributed by atoms with E-state index in [2.05, 4.69) is 5.32 Å². The first kappa shape index (κ1) is 15.3. The molecule has 5 heteroatoms. The van der Waals surface area contributed by atoms with E-state index in [0.717, 1.165) is 6.42 Å². The summed E-state index contributed by atoms with van der Waals surface area (Å²) in [5, 5.41) is 2.87. The molecule has 1 amide bonds. The Hall–Kier alpha value is -1.78. The van der Waals surface area contributed by atoms with Gasteiger partial charge >= 0.3 is 0 Å². The minimum absolute atomic E-state index is 0.0524. The second-order valence-corrected chi connectivity index (χ2v) is 5.17. The van der Waals surface area contributed by atoms with Crippen molar-refractivity contribution >= 4 is 11.6 Å². The first-order valence-electron chi connectivity index (χ1n) is 6.29. The second kappa shape index (κ2) is 5.91. The highest BCUT2D eigenvalue weighted by molar-refractivity contribution is 5.81. The number of anilines is 1. The molecular formula is C14H21FN2O2. The van der Waals surface area contributed by atoms with Crippen molar-refractivity contribution in [2.45, 2.75) is 45.8 Å². The molecule has 0 aliphatic rings. The van der Waals surface area contributed by atoms with Crippen LogP contribution in [0.15, 0.2) is 18.2 Å². The van der Waals surface area contributed by atoms with Crippen molar-refractivity contribution in [2.75, 3.05) is 5.73 Å². The summed E-state index contributed by atoms with van der Waals surface area (Å²) < 4.78 is 18.6. The third-order valence-corrected chi connectivity index (χ3v) is 3.00. The molecule has 0 saturated carbocycles. The molecule has 0 heterocycles. The van der Waals surface area contributed by atoms with Gasteiger partial charge in [-0.1, -0.05) is 6.92 Å². The van der Waals surface area contributed by atoms with E-state index in [0.29, 0.717) is 0 Å². The molecule has 1 aromatic rings. The van der Waals surface area contributed by atoms with Gasteiger partial charge in [-0.05, 0) is 39.3 Å². The van der Waals surface area contributed by atoms with Crippen LogP contribution in [0.2, 0.25) is 0 Å². The Labute approximate surface area is 113 Å². The van der Waals surface area contributed by atoms with Gasteiger partial charge in [-0.25, -0.2) is 4.39 Å². The number of carbonyl (C=O) groups excluding carboxylic acids is 1. The van der Waals surface area contributed by atoms with Gasteiger partial charge in [0, 0.05) is 11.6 Å². The van der Waals surface area contributed by atoms with Crippen LogP contribution in [-0.4, -0.2) is 17.6 Å². The smallest absolute Gasteiger partial charge is 0.261 e. The van der Waals surface area contributed by atoms with Crippen molar-refractivity contribution in [1.29, 1.82) is 0 Å². The topological polar surface area (TPSA) is 64.3 Å². The number of hydrogen-bond acceptors (Lipinski definition) is 3. The predicted molar refractivity (Wildman–Crippen MR) is 73.4 cm³/mol. The number of ether oxygens (including phenoxy) is 1. The second-order valence-electron chi connectivity index (χ2n) is 5.17. The lowest BCUT2D eigenvalue weighted by atomic mass is 10.0. The molecule has 1 unspecified atom stereocenters. The van der Waals surface area contributed by atoms with Crippen molar-refractivity contribution in [1.82, 2.24) is 5.32 Å². The Kier molecular flexibility index (Phi) is 4.75. The lowest BCUT2D eigenvalue weighted by Gasteiger charge is -2.26. The number of nitrogen functional groups attached to an aromatic ring is 1. The fourth-order valence-corrected chi connectivity index (χ4v) is 1.36. The third kappa shape index (κ3) is 4.43. The molecule has 0 saturated heterocycles. The number of amides is 1. The molecule has 0 fully saturated rings. The minimum atomic E-state index is -0.700. The highest BCUT2D eigenvalue weighted by Gasteiger charge is 2.23. The third-order valence-electron chi connectivity index (χ3n) is 3.00. The lowest BCUT2D eigenvalue weighted by Crippen LogP contribution is -2.48. The van der Waals surface area contributed by atoms with Crippen LogP contribution in [0.3, 0.4) is 0 Å². The molecule has 0 radical (unpaired) electrons. The number of carbonyl (C=O) groups is 1. The van der Waals surface area contributed by atoms with Gasteiger partial charge in [0.1, 0.15) is 11.6 Å². The minimum Gasteiger partial charge on any atom is -0.481 e.